The second kappa shape index (κ2) is 6.12. The van der Waals surface area contributed by atoms with E-state index >= 15 is 0 Å². The van der Waals surface area contributed by atoms with Crippen molar-refractivity contribution in [2.45, 2.75) is 19.3 Å². The summed E-state index contributed by atoms with van der Waals surface area (Å²) in [5.41, 5.74) is 5.83. The number of nitrogens with one attached hydrogen (secondary N) is 2. The quantitative estimate of drug-likeness (QED) is 0.586. The summed E-state index contributed by atoms with van der Waals surface area (Å²) in [7, 11) is 1.96. The number of aryl methyl sites for hydroxylation is 1. The summed E-state index contributed by atoms with van der Waals surface area (Å²) in [5.74, 6) is 0.0206. The highest BCUT2D eigenvalue weighted by molar-refractivity contribution is 5.99. The first kappa shape index (κ1) is 15.9. The fraction of sp³-hybridized carbons (Fsp3) is 0.250. The lowest BCUT2D eigenvalue weighted by Crippen LogP contribution is -2.28. The molecule has 1 aliphatic carbocycles. The van der Waals surface area contributed by atoms with Gasteiger partial charge in [-0.1, -0.05) is 0 Å². The smallest absolute Gasteiger partial charge is 0.227 e. The molecule has 0 unspecified atom stereocenters. The number of carbonyl (C=O) groups excluding carboxylic acids is 1. The molecule has 4 aromatic rings. The van der Waals surface area contributed by atoms with Crippen molar-refractivity contribution in [3.63, 3.8) is 0 Å². The highest BCUT2D eigenvalue weighted by atomic mass is 16.3. The number of amides is 1. The number of aromatic nitrogens is 4. The summed E-state index contributed by atoms with van der Waals surface area (Å²) >= 11 is 0. The molecule has 1 aromatic carbocycles. The second-order valence-electron chi connectivity index (χ2n) is 7.01. The van der Waals surface area contributed by atoms with Crippen LogP contribution in [0.1, 0.15) is 17.7 Å². The molecule has 3 aromatic heterocycles. The fourth-order valence-electron chi connectivity index (χ4n) is 3.86. The normalized spacial score (nSPS) is 16.4. The first-order valence-electron chi connectivity index (χ1n) is 9.00. The zero-order valence-corrected chi connectivity index (χ0v) is 14.9. The summed E-state index contributed by atoms with van der Waals surface area (Å²) < 4.78 is 7.07. The maximum absolute atomic E-state index is 12.8. The molecule has 0 saturated carbocycles. The molecule has 1 aliphatic rings. The number of hydrogen-bond donors (Lipinski definition) is 2. The predicted molar refractivity (Wildman–Crippen MR) is 101 cm³/mol. The summed E-state index contributed by atoms with van der Waals surface area (Å²) in [6.07, 6.45) is 7.63. The number of nitrogens with zero attached hydrogens (tertiary/aromatic N) is 3. The topological polar surface area (TPSA) is 88.7 Å². The highest BCUT2D eigenvalue weighted by Gasteiger charge is 2.27. The number of furan rings is 1. The van der Waals surface area contributed by atoms with Gasteiger partial charge in [0.15, 0.2) is 0 Å². The standard InChI is InChI=1S/C20H19N5O2/c1-25-18-5-2-12(8-14(18)10-21-25)20(26)22-15-3-4-17-16(9-15)19(24-23-17)13-6-7-27-11-13/h3-4,6-7,9-12H,2,5,8H2,1H3,(H,22,26)(H,23,24)/t12-/m0/s1. The van der Waals surface area contributed by atoms with Crippen LogP contribution in [0.5, 0.6) is 0 Å². The van der Waals surface area contributed by atoms with Crippen molar-refractivity contribution in [3.05, 3.63) is 54.2 Å². The molecule has 27 heavy (non-hydrogen) atoms. The number of fused-ring (bicyclic) bond motifs is 2. The lowest BCUT2D eigenvalue weighted by molar-refractivity contribution is -0.120. The van der Waals surface area contributed by atoms with Gasteiger partial charge in [-0.15, -0.1) is 0 Å². The van der Waals surface area contributed by atoms with Crippen LogP contribution in [0.4, 0.5) is 5.69 Å². The molecule has 0 fully saturated rings. The fourth-order valence-corrected chi connectivity index (χ4v) is 3.86. The third-order valence-corrected chi connectivity index (χ3v) is 5.34. The largest absolute Gasteiger partial charge is 0.472 e. The minimum Gasteiger partial charge on any atom is -0.472 e. The van der Waals surface area contributed by atoms with Crippen molar-refractivity contribution in [1.29, 1.82) is 0 Å². The van der Waals surface area contributed by atoms with Crippen molar-refractivity contribution in [3.8, 4) is 11.3 Å². The van der Waals surface area contributed by atoms with Crippen LogP contribution in [0.2, 0.25) is 0 Å². The monoisotopic (exact) mass is 361 g/mol. The SMILES string of the molecule is Cn1ncc2c1CC[C@H](C(=O)Nc1ccc3[nH]nc(-c4ccoc4)c3c1)C2. The van der Waals surface area contributed by atoms with Crippen LogP contribution in [-0.2, 0) is 24.7 Å². The van der Waals surface area contributed by atoms with Crippen LogP contribution >= 0.6 is 0 Å². The summed E-state index contributed by atoms with van der Waals surface area (Å²) in [6.45, 7) is 0. The zero-order valence-electron chi connectivity index (χ0n) is 14.9. The third-order valence-electron chi connectivity index (χ3n) is 5.34. The van der Waals surface area contributed by atoms with E-state index < -0.39 is 0 Å². The number of H-pyrrole nitrogens is 1. The molecule has 1 atom stereocenters. The molecule has 0 aliphatic heterocycles. The van der Waals surface area contributed by atoms with Gasteiger partial charge in [-0.05, 0) is 49.1 Å². The Bertz CT molecular complexity index is 1120. The van der Waals surface area contributed by atoms with Gasteiger partial charge in [-0.3, -0.25) is 14.6 Å². The first-order valence-corrected chi connectivity index (χ1v) is 9.00. The Hall–Kier alpha value is -3.35. The van der Waals surface area contributed by atoms with Crippen LogP contribution in [0.25, 0.3) is 22.2 Å². The number of hydrogen-bond acceptors (Lipinski definition) is 4. The van der Waals surface area contributed by atoms with E-state index in [0.717, 1.165) is 47.1 Å². The average molecular weight is 361 g/mol. The maximum atomic E-state index is 12.8. The molecule has 0 bridgehead atoms. The van der Waals surface area contributed by atoms with Gasteiger partial charge in [0.05, 0.1) is 24.2 Å². The maximum Gasteiger partial charge on any atom is 0.227 e. The lowest BCUT2D eigenvalue weighted by atomic mass is 9.87. The van der Waals surface area contributed by atoms with Gasteiger partial charge in [0.2, 0.25) is 5.91 Å². The van der Waals surface area contributed by atoms with E-state index in [1.54, 1.807) is 12.5 Å². The van der Waals surface area contributed by atoms with Crippen LogP contribution in [-0.4, -0.2) is 25.9 Å². The van der Waals surface area contributed by atoms with Crippen molar-refractivity contribution in [2.75, 3.05) is 5.32 Å². The minimum atomic E-state index is -0.0323. The Morgan fingerprint density at radius 2 is 2.30 bits per heavy atom. The van der Waals surface area contributed by atoms with Crippen LogP contribution in [0.3, 0.4) is 0 Å². The number of aromatic amines is 1. The molecule has 136 valence electrons. The molecule has 0 saturated heterocycles. The molecular weight excluding hydrogens is 342 g/mol. The number of rotatable bonds is 3. The zero-order chi connectivity index (χ0) is 18.4. The number of benzene rings is 1. The van der Waals surface area contributed by atoms with Crippen molar-refractivity contribution < 1.29 is 9.21 Å². The molecule has 7 nitrogen and oxygen atoms in total. The van der Waals surface area contributed by atoms with E-state index in [0.29, 0.717) is 0 Å². The molecule has 0 radical (unpaired) electrons. The van der Waals surface area contributed by atoms with Gasteiger partial charge in [-0.2, -0.15) is 10.2 Å². The molecule has 5 rings (SSSR count). The Labute approximate surface area is 155 Å². The Kier molecular flexibility index (Phi) is 3.60. The van der Waals surface area contributed by atoms with Gasteiger partial charge >= 0.3 is 0 Å². The van der Waals surface area contributed by atoms with Gasteiger partial charge in [0.1, 0.15) is 5.69 Å². The molecular formula is C20H19N5O2. The summed E-state index contributed by atoms with van der Waals surface area (Å²) in [6, 6.07) is 7.66. The molecule has 2 N–H and O–H groups in total. The van der Waals surface area contributed by atoms with E-state index in [1.165, 1.54) is 11.3 Å². The van der Waals surface area contributed by atoms with E-state index in [-0.39, 0.29) is 11.8 Å². The van der Waals surface area contributed by atoms with Crippen LogP contribution in [0.15, 0.2) is 47.4 Å². The van der Waals surface area contributed by atoms with Crippen LogP contribution < -0.4 is 5.32 Å². The summed E-state index contributed by atoms with van der Waals surface area (Å²) in [5, 5.41) is 15.7. The summed E-state index contributed by atoms with van der Waals surface area (Å²) in [4.78, 5) is 12.8. The van der Waals surface area contributed by atoms with E-state index in [1.807, 2.05) is 42.2 Å². The Balaban J connectivity index is 1.38. The first-order chi connectivity index (χ1) is 13.2. The highest BCUT2D eigenvalue weighted by Crippen LogP contribution is 2.30. The average Bonchev–Trinajstić information content (AvgIpc) is 3.41. The number of carbonyl (C=O) groups is 1. The van der Waals surface area contributed by atoms with Crippen LogP contribution in [0, 0.1) is 5.92 Å². The van der Waals surface area contributed by atoms with Gasteiger partial charge < -0.3 is 9.73 Å². The predicted octanol–water partition coefficient (Wildman–Crippen LogP) is 3.30. The van der Waals surface area contributed by atoms with Crippen molar-refractivity contribution in [2.24, 2.45) is 13.0 Å². The number of anilines is 1. The second-order valence-corrected chi connectivity index (χ2v) is 7.01. The van der Waals surface area contributed by atoms with Crippen molar-refractivity contribution >= 4 is 22.5 Å². The van der Waals surface area contributed by atoms with E-state index in [9.17, 15) is 4.79 Å². The molecule has 7 heteroatoms. The minimum absolute atomic E-state index is 0.0323. The van der Waals surface area contributed by atoms with Gasteiger partial charge in [-0.25, -0.2) is 0 Å². The van der Waals surface area contributed by atoms with E-state index in [4.69, 9.17) is 4.42 Å². The Morgan fingerprint density at radius 1 is 1.37 bits per heavy atom. The van der Waals surface area contributed by atoms with Gasteiger partial charge in [0.25, 0.3) is 0 Å². The Morgan fingerprint density at radius 3 is 3.15 bits per heavy atom. The molecule has 1 amide bonds. The third kappa shape index (κ3) is 2.71. The van der Waals surface area contributed by atoms with E-state index in [2.05, 4.69) is 20.6 Å². The molecule has 0 spiro atoms. The van der Waals surface area contributed by atoms with Gasteiger partial charge in [0, 0.05) is 35.3 Å². The lowest BCUT2D eigenvalue weighted by Gasteiger charge is -2.21. The van der Waals surface area contributed by atoms with Crippen molar-refractivity contribution in [1.82, 2.24) is 20.0 Å². The molecule has 3 heterocycles.